The van der Waals surface area contributed by atoms with E-state index in [0.717, 1.165) is 45.2 Å². The lowest BCUT2D eigenvalue weighted by molar-refractivity contribution is -0.127. The van der Waals surface area contributed by atoms with Gasteiger partial charge >= 0.3 is 0 Å². The molecule has 0 fully saturated rings. The number of aryl methyl sites for hydroxylation is 2. The summed E-state index contributed by atoms with van der Waals surface area (Å²) in [5, 5.41) is 9.41. The average Bonchev–Trinajstić information content (AvgIpc) is 3.23. The van der Waals surface area contributed by atoms with Crippen LogP contribution in [0.25, 0.3) is 16.8 Å². The van der Waals surface area contributed by atoms with Gasteiger partial charge in [-0.3, -0.25) is 4.79 Å². The molecule has 0 radical (unpaired) electrons. The zero-order valence-electron chi connectivity index (χ0n) is 17.9. The lowest BCUT2D eigenvalue weighted by Crippen LogP contribution is -2.27. The number of ether oxygens (including phenoxy) is 1. The second kappa shape index (κ2) is 8.44. The number of fused-ring (bicyclic) bond motifs is 1. The highest BCUT2D eigenvalue weighted by atomic mass is 35.5. The molecule has 2 aromatic heterocycles. The van der Waals surface area contributed by atoms with E-state index < -0.39 is 0 Å². The van der Waals surface area contributed by atoms with E-state index in [0.29, 0.717) is 29.7 Å². The quantitative estimate of drug-likeness (QED) is 0.552. The number of anilines is 1. The fraction of sp³-hybridized carbons (Fsp3) is 0.304. The third-order valence-electron chi connectivity index (χ3n) is 5.31. The fourth-order valence-electron chi connectivity index (χ4n) is 3.90. The maximum absolute atomic E-state index is 11.9. The number of carbonyl (C=O) groups is 1. The van der Waals surface area contributed by atoms with Gasteiger partial charge in [0.1, 0.15) is 5.76 Å². The van der Waals surface area contributed by atoms with Crippen LogP contribution in [0, 0.1) is 13.8 Å². The molecule has 0 aliphatic carbocycles. The van der Waals surface area contributed by atoms with Gasteiger partial charge in [0.05, 0.1) is 53.0 Å². The number of amides is 1. The topological polar surface area (TPSA) is 58.9 Å². The minimum atomic E-state index is 0.0169. The van der Waals surface area contributed by atoms with Crippen LogP contribution in [0.3, 0.4) is 0 Å². The summed E-state index contributed by atoms with van der Waals surface area (Å²) in [7, 11) is 0. The van der Waals surface area contributed by atoms with Crippen LogP contribution in [0.4, 0.5) is 5.69 Å². The van der Waals surface area contributed by atoms with E-state index in [1.54, 1.807) is 17.9 Å². The van der Waals surface area contributed by atoms with Gasteiger partial charge in [-0.2, -0.15) is 5.10 Å². The van der Waals surface area contributed by atoms with Crippen LogP contribution < -0.4 is 5.32 Å². The Morgan fingerprint density at radius 1 is 1.19 bits per heavy atom. The van der Waals surface area contributed by atoms with E-state index in [2.05, 4.69) is 11.4 Å². The minimum Gasteiger partial charge on any atom is -0.494 e. The number of benzene rings is 1. The second-order valence-electron chi connectivity index (χ2n) is 7.63. The highest BCUT2D eigenvalue weighted by Crippen LogP contribution is 2.36. The molecular formula is C23H24Cl2N4O2. The summed E-state index contributed by atoms with van der Waals surface area (Å²) in [5.41, 5.74) is 6.36. The van der Waals surface area contributed by atoms with Crippen LogP contribution in [0.1, 0.15) is 25.1 Å². The van der Waals surface area contributed by atoms with E-state index in [4.69, 9.17) is 33.0 Å². The first kappa shape index (κ1) is 21.5. The lowest BCUT2D eigenvalue weighted by Gasteiger charge is -2.15. The first-order chi connectivity index (χ1) is 14.8. The van der Waals surface area contributed by atoms with Crippen molar-refractivity contribution in [3.05, 3.63) is 63.1 Å². The zero-order chi connectivity index (χ0) is 22.3. The summed E-state index contributed by atoms with van der Waals surface area (Å²) in [5.74, 6) is 0.804. The molecule has 1 aliphatic heterocycles. The van der Waals surface area contributed by atoms with Crippen LogP contribution in [-0.4, -0.2) is 40.1 Å². The molecule has 0 saturated heterocycles. The maximum Gasteiger partial charge on any atom is 0.220 e. The molecule has 31 heavy (non-hydrogen) atoms. The largest absolute Gasteiger partial charge is 0.494 e. The van der Waals surface area contributed by atoms with E-state index in [1.807, 2.05) is 43.5 Å². The summed E-state index contributed by atoms with van der Waals surface area (Å²) in [4.78, 5) is 13.7. The van der Waals surface area contributed by atoms with Crippen molar-refractivity contribution in [1.29, 1.82) is 0 Å². The molecule has 0 saturated carbocycles. The maximum atomic E-state index is 11.9. The number of carbonyl (C=O) groups excluding carboxylic acids is 1. The highest BCUT2D eigenvalue weighted by Gasteiger charge is 2.26. The molecule has 4 rings (SSSR count). The third-order valence-corrected chi connectivity index (χ3v) is 5.86. The van der Waals surface area contributed by atoms with Gasteiger partial charge < -0.3 is 15.0 Å². The Balaban J connectivity index is 1.81. The van der Waals surface area contributed by atoms with E-state index in [1.165, 1.54) is 0 Å². The van der Waals surface area contributed by atoms with Gasteiger partial charge in [-0.15, -0.1) is 0 Å². The Kier molecular flexibility index (Phi) is 5.86. The van der Waals surface area contributed by atoms with Gasteiger partial charge in [0.2, 0.25) is 5.91 Å². The van der Waals surface area contributed by atoms with Gasteiger partial charge in [-0.1, -0.05) is 23.2 Å². The molecule has 3 aromatic rings. The Bertz CT molecular complexity index is 1220. The first-order valence-corrected chi connectivity index (χ1v) is 10.9. The van der Waals surface area contributed by atoms with Crippen molar-refractivity contribution >= 4 is 40.3 Å². The number of hydrogen-bond donors (Lipinski definition) is 1. The first-order valence-electron chi connectivity index (χ1n) is 10.1. The summed E-state index contributed by atoms with van der Waals surface area (Å²) >= 11 is 12.6. The molecule has 0 bridgehead atoms. The lowest BCUT2D eigenvalue weighted by atomic mass is 10.1. The standard InChI is InChI=1S/C23H24Cl2N4O2/c1-5-31-22-12-28(15(4)30)11-20(22)26-19-9-14(3)27-29-21(19)8-13(2)23(29)17-7-6-16(24)10-18(17)25/h6-10,26H,5,11-12H2,1-4H3. The predicted octanol–water partition coefficient (Wildman–Crippen LogP) is 5.45. The van der Waals surface area contributed by atoms with E-state index in [-0.39, 0.29) is 5.91 Å². The SMILES string of the molecule is CCOC1=C(Nc2cc(C)nn3c(-c4ccc(Cl)cc4Cl)c(C)cc23)CN(C(C)=O)C1. The molecule has 0 unspecified atom stereocenters. The molecular weight excluding hydrogens is 435 g/mol. The van der Waals surface area contributed by atoms with Gasteiger partial charge in [0, 0.05) is 17.5 Å². The number of hydrogen-bond acceptors (Lipinski definition) is 4. The molecule has 6 nitrogen and oxygen atoms in total. The molecule has 1 amide bonds. The Morgan fingerprint density at radius 3 is 2.65 bits per heavy atom. The Labute approximate surface area is 191 Å². The van der Waals surface area contributed by atoms with Crippen molar-refractivity contribution in [3.8, 4) is 11.3 Å². The fourth-order valence-corrected chi connectivity index (χ4v) is 4.40. The summed E-state index contributed by atoms with van der Waals surface area (Å²) in [6, 6.07) is 9.54. The molecule has 1 N–H and O–H groups in total. The van der Waals surface area contributed by atoms with Crippen molar-refractivity contribution in [2.24, 2.45) is 0 Å². The van der Waals surface area contributed by atoms with Crippen molar-refractivity contribution in [1.82, 2.24) is 14.5 Å². The zero-order valence-corrected chi connectivity index (χ0v) is 19.4. The van der Waals surface area contributed by atoms with Crippen LogP contribution in [0.5, 0.6) is 0 Å². The van der Waals surface area contributed by atoms with Crippen molar-refractivity contribution in [2.75, 3.05) is 25.0 Å². The number of nitrogens with zero attached hydrogens (tertiary/aromatic N) is 3. The monoisotopic (exact) mass is 458 g/mol. The summed E-state index contributed by atoms with van der Waals surface area (Å²) in [6.07, 6.45) is 0. The van der Waals surface area contributed by atoms with Crippen molar-refractivity contribution < 1.29 is 9.53 Å². The number of halogens is 2. The highest BCUT2D eigenvalue weighted by molar-refractivity contribution is 6.36. The predicted molar refractivity (Wildman–Crippen MR) is 125 cm³/mol. The number of aromatic nitrogens is 2. The smallest absolute Gasteiger partial charge is 0.220 e. The molecule has 0 spiro atoms. The second-order valence-corrected chi connectivity index (χ2v) is 8.48. The Hall–Kier alpha value is -2.70. The van der Waals surface area contributed by atoms with Gasteiger partial charge in [0.15, 0.2) is 0 Å². The molecule has 162 valence electrons. The summed E-state index contributed by atoms with van der Waals surface area (Å²) in [6.45, 7) is 8.98. The molecule has 8 heteroatoms. The molecule has 1 aromatic carbocycles. The van der Waals surface area contributed by atoms with Crippen LogP contribution >= 0.6 is 23.2 Å². The number of rotatable bonds is 5. The molecule has 1 aliphatic rings. The number of nitrogens with one attached hydrogen (secondary N) is 1. The van der Waals surface area contributed by atoms with Crippen molar-refractivity contribution in [3.63, 3.8) is 0 Å². The van der Waals surface area contributed by atoms with Crippen LogP contribution in [0.15, 0.2) is 41.8 Å². The minimum absolute atomic E-state index is 0.0169. The average molecular weight is 459 g/mol. The third kappa shape index (κ3) is 4.10. The van der Waals surface area contributed by atoms with Crippen LogP contribution in [0.2, 0.25) is 10.0 Å². The van der Waals surface area contributed by atoms with Crippen molar-refractivity contribution in [2.45, 2.75) is 27.7 Å². The van der Waals surface area contributed by atoms with E-state index in [9.17, 15) is 4.79 Å². The van der Waals surface area contributed by atoms with E-state index >= 15 is 0 Å². The normalized spacial score (nSPS) is 13.9. The van der Waals surface area contributed by atoms with Gasteiger partial charge in [-0.25, -0.2) is 4.52 Å². The van der Waals surface area contributed by atoms with Gasteiger partial charge in [0.25, 0.3) is 0 Å². The summed E-state index contributed by atoms with van der Waals surface area (Å²) < 4.78 is 7.71. The van der Waals surface area contributed by atoms with Gasteiger partial charge in [-0.05, 0) is 56.7 Å². The molecule has 3 heterocycles. The Morgan fingerprint density at radius 2 is 1.97 bits per heavy atom. The van der Waals surface area contributed by atoms with Crippen LogP contribution in [-0.2, 0) is 9.53 Å². The molecule has 0 atom stereocenters.